The van der Waals surface area contributed by atoms with E-state index in [2.05, 4.69) is 15.2 Å². The molecule has 0 saturated heterocycles. The van der Waals surface area contributed by atoms with Gasteiger partial charge in [0, 0.05) is 24.1 Å². The van der Waals surface area contributed by atoms with Crippen LogP contribution in [0, 0.1) is 10.1 Å². The van der Waals surface area contributed by atoms with E-state index in [1.165, 1.54) is 36.2 Å². The molecule has 1 N–H and O–H groups in total. The first-order valence-corrected chi connectivity index (χ1v) is 5.07. The summed E-state index contributed by atoms with van der Waals surface area (Å²) in [5.74, 6) is 0.802. The molecule has 0 saturated carbocycles. The molecule has 0 amide bonds. The average Bonchev–Trinajstić information content (AvgIpc) is 2.31. The van der Waals surface area contributed by atoms with Gasteiger partial charge < -0.3 is 4.74 Å². The minimum absolute atomic E-state index is 0.0163. The van der Waals surface area contributed by atoms with Gasteiger partial charge in [0.05, 0.1) is 10.3 Å². The van der Waals surface area contributed by atoms with Crippen molar-refractivity contribution in [3.8, 4) is 5.75 Å². The van der Waals surface area contributed by atoms with Crippen molar-refractivity contribution >= 4 is 17.6 Å². The molecule has 1 aromatic rings. The summed E-state index contributed by atoms with van der Waals surface area (Å²) in [5.41, 5.74) is 0.0163. The van der Waals surface area contributed by atoms with E-state index in [4.69, 9.17) is 4.74 Å². The fourth-order valence-electron chi connectivity index (χ4n) is 0.995. The predicted octanol–water partition coefficient (Wildman–Crippen LogP) is 2.39. The van der Waals surface area contributed by atoms with E-state index < -0.39 is 4.92 Å². The van der Waals surface area contributed by atoms with Crippen molar-refractivity contribution in [2.24, 2.45) is 10.3 Å². The van der Waals surface area contributed by atoms with E-state index in [-0.39, 0.29) is 5.69 Å². The van der Waals surface area contributed by atoms with Crippen LogP contribution in [-0.4, -0.2) is 4.92 Å². The molecule has 0 fully saturated rings. The number of non-ortho nitro benzene ring substituents is 1. The van der Waals surface area contributed by atoms with E-state index in [0.29, 0.717) is 11.6 Å². The Morgan fingerprint density at radius 3 is 2.69 bits per heavy atom. The third kappa shape index (κ3) is 2.48. The molecule has 0 atom stereocenters. The van der Waals surface area contributed by atoms with Crippen LogP contribution in [0.15, 0.2) is 45.9 Å². The molecule has 0 aliphatic carbocycles. The fourth-order valence-corrected chi connectivity index (χ4v) is 1.33. The fraction of sp³-hybridized carbons (Fsp3) is 0. The second kappa shape index (κ2) is 4.62. The summed E-state index contributed by atoms with van der Waals surface area (Å²) in [6.07, 6.45) is 0. The average molecular weight is 238 g/mol. The van der Waals surface area contributed by atoms with E-state index >= 15 is 0 Å². The standard InChI is InChI=1S/C8H6N4O3S/c13-12(14)6-1-3-7(4-2-6)15-8-5-16-11-10-9-8/h1-5H,(H,9,11). The van der Waals surface area contributed by atoms with Crippen LogP contribution in [0.5, 0.6) is 5.75 Å². The molecule has 16 heavy (non-hydrogen) atoms. The Bertz CT molecular complexity index is 457. The zero-order valence-electron chi connectivity index (χ0n) is 7.86. The number of hydrogen-bond acceptors (Lipinski definition) is 7. The van der Waals surface area contributed by atoms with Crippen molar-refractivity contribution in [2.75, 3.05) is 0 Å². The van der Waals surface area contributed by atoms with Crippen LogP contribution >= 0.6 is 11.9 Å². The minimum atomic E-state index is -0.469. The lowest BCUT2D eigenvalue weighted by Crippen LogP contribution is -1.99. The number of hydrogen-bond donors (Lipinski definition) is 1. The van der Waals surface area contributed by atoms with Gasteiger partial charge in [0.2, 0.25) is 5.88 Å². The van der Waals surface area contributed by atoms with Crippen LogP contribution in [0.4, 0.5) is 5.69 Å². The van der Waals surface area contributed by atoms with Crippen LogP contribution in [0.1, 0.15) is 0 Å². The first kappa shape index (κ1) is 10.4. The molecule has 0 spiro atoms. The van der Waals surface area contributed by atoms with Crippen LogP contribution in [0.2, 0.25) is 0 Å². The van der Waals surface area contributed by atoms with Gasteiger partial charge in [-0.25, -0.2) is 4.83 Å². The highest BCUT2D eigenvalue weighted by Crippen LogP contribution is 2.21. The maximum atomic E-state index is 10.4. The molecule has 7 nitrogen and oxygen atoms in total. The monoisotopic (exact) mass is 238 g/mol. The quantitative estimate of drug-likeness (QED) is 0.496. The van der Waals surface area contributed by atoms with Gasteiger partial charge in [0.25, 0.3) is 5.69 Å². The van der Waals surface area contributed by atoms with Crippen molar-refractivity contribution < 1.29 is 9.66 Å². The molecule has 0 unspecified atom stereocenters. The van der Waals surface area contributed by atoms with Gasteiger partial charge >= 0.3 is 0 Å². The second-order valence-corrected chi connectivity index (χ2v) is 3.37. The lowest BCUT2D eigenvalue weighted by atomic mass is 10.3. The van der Waals surface area contributed by atoms with Gasteiger partial charge in [-0.2, -0.15) is 0 Å². The number of ether oxygens (including phenoxy) is 1. The zero-order chi connectivity index (χ0) is 11.4. The highest BCUT2D eigenvalue weighted by molar-refractivity contribution is 8.00. The molecule has 1 aliphatic rings. The Morgan fingerprint density at radius 2 is 2.12 bits per heavy atom. The van der Waals surface area contributed by atoms with Crippen molar-refractivity contribution in [3.63, 3.8) is 0 Å². The molecule has 82 valence electrons. The molecule has 0 bridgehead atoms. The molecule has 0 radical (unpaired) electrons. The maximum Gasteiger partial charge on any atom is 0.269 e. The van der Waals surface area contributed by atoms with E-state index in [0.717, 1.165) is 0 Å². The molecular formula is C8H6N4O3S. The molecule has 1 heterocycles. The zero-order valence-corrected chi connectivity index (χ0v) is 8.68. The van der Waals surface area contributed by atoms with Crippen molar-refractivity contribution in [1.29, 1.82) is 0 Å². The summed E-state index contributed by atoms with van der Waals surface area (Å²) in [6.45, 7) is 0. The predicted molar refractivity (Wildman–Crippen MR) is 57.4 cm³/mol. The summed E-state index contributed by atoms with van der Waals surface area (Å²) in [6, 6.07) is 5.73. The Labute approximate surface area is 94.5 Å². The SMILES string of the molecule is O=[N+]([O-])c1ccc(OC2=CSNN=N2)cc1. The first-order chi connectivity index (χ1) is 7.75. The molecule has 0 aromatic heterocycles. The van der Waals surface area contributed by atoms with Crippen LogP contribution in [-0.2, 0) is 0 Å². The first-order valence-electron chi connectivity index (χ1n) is 4.19. The van der Waals surface area contributed by atoms with Gasteiger partial charge in [-0.3, -0.25) is 10.1 Å². The lowest BCUT2D eigenvalue weighted by molar-refractivity contribution is -0.384. The van der Waals surface area contributed by atoms with Crippen molar-refractivity contribution in [1.82, 2.24) is 4.83 Å². The smallest absolute Gasteiger partial charge is 0.269 e. The van der Waals surface area contributed by atoms with Gasteiger partial charge in [-0.05, 0) is 12.1 Å². The second-order valence-electron chi connectivity index (χ2n) is 2.72. The Balaban J connectivity index is 2.08. The molecule has 1 aliphatic heterocycles. The molecule has 2 rings (SSSR count). The minimum Gasteiger partial charge on any atom is -0.437 e. The molecular weight excluding hydrogens is 232 g/mol. The van der Waals surface area contributed by atoms with Gasteiger partial charge in [0.1, 0.15) is 5.75 Å². The number of nitrogens with zero attached hydrogens (tertiary/aromatic N) is 3. The van der Waals surface area contributed by atoms with Crippen molar-refractivity contribution in [2.45, 2.75) is 0 Å². The third-order valence-electron chi connectivity index (χ3n) is 1.67. The summed E-state index contributed by atoms with van der Waals surface area (Å²) in [4.78, 5) is 12.5. The number of benzene rings is 1. The highest BCUT2D eigenvalue weighted by atomic mass is 32.2. The van der Waals surface area contributed by atoms with Crippen LogP contribution < -0.4 is 9.57 Å². The highest BCUT2D eigenvalue weighted by Gasteiger charge is 2.07. The number of nitro groups is 1. The number of nitro benzene ring substituents is 1. The summed E-state index contributed by atoms with van der Waals surface area (Å²) < 4.78 is 5.31. The number of nitrogens with one attached hydrogen (secondary N) is 1. The Kier molecular flexibility index (Phi) is 3.01. The normalized spacial score (nSPS) is 13.9. The Hall–Kier alpha value is -2.09. The summed E-state index contributed by atoms with van der Waals surface area (Å²) in [5, 5.41) is 19.3. The summed E-state index contributed by atoms with van der Waals surface area (Å²) >= 11 is 1.22. The van der Waals surface area contributed by atoms with Gasteiger partial charge in [-0.15, -0.1) is 0 Å². The van der Waals surface area contributed by atoms with E-state index in [1.807, 2.05) is 0 Å². The third-order valence-corrected chi connectivity index (χ3v) is 2.18. The van der Waals surface area contributed by atoms with Gasteiger partial charge in [-0.1, -0.05) is 10.3 Å². The van der Waals surface area contributed by atoms with Crippen molar-refractivity contribution in [3.05, 3.63) is 45.7 Å². The maximum absolute atomic E-state index is 10.4. The number of rotatable bonds is 3. The van der Waals surface area contributed by atoms with E-state index in [9.17, 15) is 10.1 Å². The molecule has 8 heteroatoms. The Morgan fingerprint density at radius 1 is 1.38 bits per heavy atom. The molecule has 1 aromatic carbocycles. The largest absolute Gasteiger partial charge is 0.437 e. The van der Waals surface area contributed by atoms with Gasteiger partial charge in [0.15, 0.2) is 0 Å². The van der Waals surface area contributed by atoms with Crippen LogP contribution in [0.3, 0.4) is 0 Å². The lowest BCUT2D eigenvalue weighted by Gasteiger charge is -2.06. The summed E-state index contributed by atoms with van der Waals surface area (Å²) in [7, 11) is 0. The topological polar surface area (TPSA) is 89.1 Å². The van der Waals surface area contributed by atoms with E-state index in [1.54, 1.807) is 5.41 Å². The van der Waals surface area contributed by atoms with Crippen LogP contribution in [0.25, 0.3) is 0 Å².